The van der Waals surface area contributed by atoms with Crippen molar-refractivity contribution in [2.45, 2.75) is 13.0 Å². The van der Waals surface area contributed by atoms with Crippen LogP contribution in [0.3, 0.4) is 0 Å². The van der Waals surface area contributed by atoms with Gasteiger partial charge >= 0.3 is 0 Å². The third-order valence-corrected chi connectivity index (χ3v) is 5.67. The molecular formula is C20H20F2N4OS. The molecule has 1 amide bonds. The smallest absolute Gasteiger partial charge is 0.295 e. The molecule has 4 rings (SSSR count). The number of para-hydroxylation sites is 1. The summed E-state index contributed by atoms with van der Waals surface area (Å²) in [5.41, 5.74) is 3.05. The second-order valence-electron chi connectivity index (χ2n) is 6.65. The van der Waals surface area contributed by atoms with Crippen molar-refractivity contribution in [1.29, 1.82) is 0 Å². The maximum absolute atomic E-state index is 12.8. The molecule has 0 saturated carbocycles. The SMILES string of the molecule is O=C(Nc1ccccc1CN1CCSCC1)c1ccc2nc(C(F)F)[nH]c2c1. The Morgan fingerprint density at radius 1 is 1.21 bits per heavy atom. The normalized spacial score (nSPS) is 15.2. The van der Waals surface area contributed by atoms with Crippen molar-refractivity contribution in [2.75, 3.05) is 29.9 Å². The van der Waals surface area contributed by atoms with E-state index in [0.29, 0.717) is 16.6 Å². The standard InChI is InChI=1S/C20H20F2N4OS/c21-18(22)19-23-16-6-5-13(11-17(16)24-19)20(27)25-15-4-2-1-3-14(15)12-26-7-9-28-10-8-26/h1-6,11,18H,7-10,12H2,(H,23,24)(H,25,27). The maximum atomic E-state index is 12.8. The first-order valence-electron chi connectivity index (χ1n) is 9.07. The van der Waals surface area contributed by atoms with Crippen LogP contribution in [0.5, 0.6) is 0 Å². The predicted molar refractivity (Wildman–Crippen MR) is 108 cm³/mol. The second-order valence-corrected chi connectivity index (χ2v) is 7.88. The van der Waals surface area contributed by atoms with Gasteiger partial charge in [0.25, 0.3) is 12.3 Å². The minimum absolute atomic E-state index is 0.281. The predicted octanol–water partition coefficient (Wildman–Crippen LogP) is 4.30. The molecule has 0 aliphatic carbocycles. The fourth-order valence-corrected chi connectivity index (χ4v) is 4.23. The largest absolute Gasteiger partial charge is 0.337 e. The van der Waals surface area contributed by atoms with Crippen molar-refractivity contribution >= 4 is 34.4 Å². The summed E-state index contributed by atoms with van der Waals surface area (Å²) in [6.45, 7) is 2.86. The summed E-state index contributed by atoms with van der Waals surface area (Å²) < 4.78 is 25.6. The van der Waals surface area contributed by atoms with Crippen LogP contribution in [-0.4, -0.2) is 45.4 Å². The van der Waals surface area contributed by atoms with Gasteiger partial charge in [-0.25, -0.2) is 13.8 Å². The van der Waals surface area contributed by atoms with E-state index in [4.69, 9.17) is 0 Å². The van der Waals surface area contributed by atoms with Crippen LogP contribution in [0.25, 0.3) is 11.0 Å². The molecule has 0 atom stereocenters. The lowest BCUT2D eigenvalue weighted by Gasteiger charge is -2.27. The zero-order chi connectivity index (χ0) is 19.5. The Morgan fingerprint density at radius 2 is 2.00 bits per heavy atom. The van der Waals surface area contributed by atoms with E-state index in [2.05, 4.69) is 20.2 Å². The van der Waals surface area contributed by atoms with E-state index in [-0.39, 0.29) is 5.91 Å². The first kappa shape index (κ1) is 18.9. The van der Waals surface area contributed by atoms with Crippen molar-refractivity contribution in [3.8, 4) is 0 Å². The number of anilines is 1. The van der Waals surface area contributed by atoms with Crippen LogP contribution in [0.4, 0.5) is 14.5 Å². The van der Waals surface area contributed by atoms with Crippen LogP contribution in [0.15, 0.2) is 42.5 Å². The zero-order valence-electron chi connectivity index (χ0n) is 15.1. The third-order valence-electron chi connectivity index (χ3n) is 4.73. The number of carbonyl (C=O) groups excluding carboxylic acids is 1. The van der Waals surface area contributed by atoms with E-state index in [9.17, 15) is 13.6 Å². The monoisotopic (exact) mass is 402 g/mol. The van der Waals surface area contributed by atoms with Crippen molar-refractivity contribution < 1.29 is 13.6 Å². The number of nitrogens with one attached hydrogen (secondary N) is 2. The Kier molecular flexibility index (Phi) is 5.59. The molecule has 28 heavy (non-hydrogen) atoms. The molecule has 0 radical (unpaired) electrons. The Labute approximate surface area is 165 Å². The van der Waals surface area contributed by atoms with E-state index in [1.807, 2.05) is 36.0 Å². The van der Waals surface area contributed by atoms with Gasteiger partial charge in [0.05, 0.1) is 11.0 Å². The number of alkyl halides is 2. The van der Waals surface area contributed by atoms with Gasteiger partial charge in [-0.15, -0.1) is 0 Å². The fourth-order valence-electron chi connectivity index (χ4n) is 3.25. The Balaban J connectivity index is 1.52. The van der Waals surface area contributed by atoms with Crippen molar-refractivity contribution in [3.63, 3.8) is 0 Å². The number of benzene rings is 2. The van der Waals surface area contributed by atoms with Crippen LogP contribution in [0.1, 0.15) is 28.2 Å². The first-order chi connectivity index (χ1) is 13.6. The fraction of sp³-hybridized carbons (Fsp3) is 0.300. The lowest BCUT2D eigenvalue weighted by molar-refractivity contribution is 0.102. The quantitative estimate of drug-likeness (QED) is 0.668. The molecule has 2 aromatic carbocycles. The van der Waals surface area contributed by atoms with E-state index >= 15 is 0 Å². The number of hydrogen-bond acceptors (Lipinski definition) is 4. The van der Waals surface area contributed by atoms with Crippen LogP contribution in [-0.2, 0) is 6.54 Å². The molecule has 1 aliphatic rings. The molecule has 1 aromatic heterocycles. The van der Waals surface area contributed by atoms with Gasteiger partial charge < -0.3 is 10.3 Å². The highest BCUT2D eigenvalue weighted by Crippen LogP contribution is 2.23. The van der Waals surface area contributed by atoms with Gasteiger partial charge in [0.2, 0.25) is 0 Å². The van der Waals surface area contributed by atoms with Crippen molar-refractivity contribution in [3.05, 3.63) is 59.4 Å². The highest BCUT2D eigenvalue weighted by Gasteiger charge is 2.16. The molecule has 3 aromatic rings. The van der Waals surface area contributed by atoms with E-state index in [0.717, 1.165) is 42.4 Å². The Morgan fingerprint density at radius 3 is 2.79 bits per heavy atom. The van der Waals surface area contributed by atoms with E-state index < -0.39 is 12.2 Å². The Hall–Kier alpha value is -2.45. The van der Waals surface area contributed by atoms with Gasteiger partial charge in [-0.1, -0.05) is 18.2 Å². The minimum Gasteiger partial charge on any atom is -0.337 e. The van der Waals surface area contributed by atoms with Crippen LogP contribution in [0, 0.1) is 0 Å². The molecule has 0 bridgehead atoms. The lowest BCUT2D eigenvalue weighted by atomic mass is 10.1. The van der Waals surface area contributed by atoms with Gasteiger partial charge in [0, 0.05) is 42.4 Å². The second kappa shape index (κ2) is 8.28. The Bertz CT molecular complexity index is 985. The molecule has 146 valence electrons. The lowest BCUT2D eigenvalue weighted by Crippen LogP contribution is -2.32. The average Bonchev–Trinajstić information content (AvgIpc) is 3.14. The van der Waals surface area contributed by atoms with Crippen LogP contribution < -0.4 is 5.32 Å². The average molecular weight is 402 g/mol. The van der Waals surface area contributed by atoms with Gasteiger partial charge in [0.1, 0.15) is 0 Å². The number of hydrogen-bond donors (Lipinski definition) is 2. The number of halogens is 2. The summed E-state index contributed by atoms with van der Waals surface area (Å²) in [6.07, 6.45) is -2.68. The molecular weight excluding hydrogens is 382 g/mol. The van der Waals surface area contributed by atoms with Crippen molar-refractivity contribution in [1.82, 2.24) is 14.9 Å². The first-order valence-corrected chi connectivity index (χ1v) is 10.2. The third kappa shape index (κ3) is 4.18. The highest BCUT2D eigenvalue weighted by molar-refractivity contribution is 7.99. The minimum atomic E-state index is -2.68. The topological polar surface area (TPSA) is 61.0 Å². The van der Waals surface area contributed by atoms with E-state index in [1.165, 1.54) is 0 Å². The maximum Gasteiger partial charge on any atom is 0.295 e. The molecule has 0 spiro atoms. The number of nitrogens with zero attached hydrogens (tertiary/aromatic N) is 2. The van der Waals surface area contributed by atoms with Crippen LogP contribution in [0.2, 0.25) is 0 Å². The number of imidazole rings is 1. The number of thioether (sulfide) groups is 1. The van der Waals surface area contributed by atoms with Gasteiger partial charge in [-0.05, 0) is 29.8 Å². The summed E-state index contributed by atoms with van der Waals surface area (Å²) in [5, 5.41) is 2.96. The van der Waals surface area contributed by atoms with Gasteiger partial charge in [-0.2, -0.15) is 11.8 Å². The number of carbonyl (C=O) groups is 1. The molecule has 2 heterocycles. The number of rotatable bonds is 5. The summed E-state index contributed by atoms with van der Waals surface area (Å²) in [4.78, 5) is 21.5. The highest BCUT2D eigenvalue weighted by atomic mass is 32.2. The molecule has 0 unspecified atom stereocenters. The van der Waals surface area contributed by atoms with Gasteiger partial charge in [-0.3, -0.25) is 9.69 Å². The molecule has 8 heteroatoms. The molecule has 1 aliphatic heterocycles. The molecule has 1 fully saturated rings. The van der Waals surface area contributed by atoms with Crippen molar-refractivity contribution in [2.24, 2.45) is 0 Å². The van der Waals surface area contributed by atoms with Crippen LogP contribution >= 0.6 is 11.8 Å². The van der Waals surface area contributed by atoms with E-state index in [1.54, 1.807) is 18.2 Å². The molecule has 2 N–H and O–H groups in total. The van der Waals surface area contributed by atoms with Gasteiger partial charge in [0.15, 0.2) is 5.82 Å². The summed E-state index contributed by atoms with van der Waals surface area (Å²) in [7, 11) is 0. The number of aromatic amines is 1. The molecule has 1 saturated heterocycles. The number of H-pyrrole nitrogens is 1. The molecule has 5 nitrogen and oxygen atoms in total. The summed E-state index contributed by atoms with van der Waals surface area (Å²) in [5.74, 6) is 1.58. The zero-order valence-corrected chi connectivity index (χ0v) is 15.9. The summed E-state index contributed by atoms with van der Waals surface area (Å²) in [6, 6.07) is 12.5. The number of fused-ring (bicyclic) bond motifs is 1. The summed E-state index contributed by atoms with van der Waals surface area (Å²) >= 11 is 1.96. The number of aromatic nitrogens is 2. The number of amides is 1.